The summed E-state index contributed by atoms with van der Waals surface area (Å²) >= 11 is 3.02. The quantitative estimate of drug-likeness (QED) is 0.841. The van der Waals surface area contributed by atoms with Gasteiger partial charge in [-0.3, -0.25) is 4.79 Å². The number of carboxylic acids is 1. The Hall–Kier alpha value is -1.10. The van der Waals surface area contributed by atoms with E-state index in [0.29, 0.717) is 4.47 Å². The second-order valence-electron chi connectivity index (χ2n) is 2.47. The second kappa shape index (κ2) is 3.74. The Bertz CT molecular complexity index is 351. The average molecular weight is 249 g/mol. The maximum absolute atomic E-state index is 13.0. The molecule has 0 aromatic heterocycles. The first kappa shape index (κ1) is 9.98. The van der Waals surface area contributed by atoms with Crippen molar-refractivity contribution < 1.29 is 19.4 Å². The zero-order chi connectivity index (χ0) is 10.0. The van der Waals surface area contributed by atoms with Gasteiger partial charge in [0.2, 0.25) is 0 Å². The number of phenolic OH excluding ortho intramolecular Hbond substituents is 1. The number of carboxylic acid groups (broad SMARTS) is 1. The van der Waals surface area contributed by atoms with Gasteiger partial charge in [0.15, 0.2) is 11.6 Å². The molecule has 0 bridgehead atoms. The van der Waals surface area contributed by atoms with Crippen molar-refractivity contribution in [2.24, 2.45) is 0 Å². The minimum absolute atomic E-state index is 0.0422. The van der Waals surface area contributed by atoms with Crippen LogP contribution in [0.25, 0.3) is 0 Å². The Labute approximate surface area is 81.9 Å². The van der Waals surface area contributed by atoms with E-state index >= 15 is 0 Å². The van der Waals surface area contributed by atoms with Gasteiger partial charge in [0.25, 0.3) is 0 Å². The third-order valence-electron chi connectivity index (χ3n) is 1.44. The molecule has 0 heterocycles. The Morgan fingerprint density at radius 2 is 2.15 bits per heavy atom. The average Bonchev–Trinajstić information content (AvgIpc) is 1.98. The molecule has 2 N–H and O–H groups in total. The molecule has 1 aromatic rings. The lowest BCUT2D eigenvalue weighted by Crippen LogP contribution is -2.02. The van der Waals surface area contributed by atoms with E-state index < -0.39 is 24.0 Å². The monoisotopic (exact) mass is 248 g/mol. The summed E-state index contributed by atoms with van der Waals surface area (Å²) in [5, 5.41) is 17.4. The topological polar surface area (TPSA) is 57.5 Å². The SMILES string of the molecule is O=C(O)Cc1cc(Br)cc(O)c1F. The van der Waals surface area contributed by atoms with Gasteiger partial charge in [0, 0.05) is 10.0 Å². The Morgan fingerprint density at radius 1 is 1.54 bits per heavy atom. The highest BCUT2D eigenvalue weighted by atomic mass is 79.9. The highest BCUT2D eigenvalue weighted by Gasteiger charge is 2.11. The summed E-state index contributed by atoms with van der Waals surface area (Å²) in [7, 11) is 0. The number of aromatic hydroxyl groups is 1. The molecule has 1 aromatic carbocycles. The Kier molecular flexibility index (Phi) is 2.87. The van der Waals surface area contributed by atoms with E-state index in [9.17, 15) is 9.18 Å². The standard InChI is InChI=1S/C8H6BrFO3/c9-5-1-4(2-7(12)13)8(10)6(11)3-5/h1,3,11H,2H2,(H,12,13). The number of carbonyl (C=O) groups is 1. The fourth-order valence-electron chi connectivity index (χ4n) is 0.922. The molecule has 0 saturated carbocycles. The molecule has 13 heavy (non-hydrogen) atoms. The van der Waals surface area contributed by atoms with E-state index in [2.05, 4.69) is 15.9 Å². The van der Waals surface area contributed by atoms with Gasteiger partial charge in [0.05, 0.1) is 6.42 Å². The van der Waals surface area contributed by atoms with Gasteiger partial charge in [-0.15, -0.1) is 0 Å². The van der Waals surface area contributed by atoms with Crippen LogP contribution in [0.2, 0.25) is 0 Å². The minimum atomic E-state index is -1.14. The van der Waals surface area contributed by atoms with Gasteiger partial charge in [-0.05, 0) is 12.1 Å². The molecule has 0 radical (unpaired) electrons. The van der Waals surface area contributed by atoms with Crippen molar-refractivity contribution in [2.45, 2.75) is 6.42 Å². The van der Waals surface area contributed by atoms with Crippen LogP contribution in [0.1, 0.15) is 5.56 Å². The van der Waals surface area contributed by atoms with Crippen molar-refractivity contribution in [1.29, 1.82) is 0 Å². The van der Waals surface area contributed by atoms with Gasteiger partial charge >= 0.3 is 5.97 Å². The molecule has 0 aliphatic carbocycles. The molecule has 0 spiro atoms. The number of phenols is 1. The molecule has 5 heteroatoms. The lowest BCUT2D eigenvalue weighted by molar-refractivity contribution is -0.136. The van der Waals surface area contributed by atoms with Crippen molar-refractivity contribution >= 4 is 21.9 Å². The number of hydrogen-bond acceptors (Lipinski definition) is 2. The number of halogens is 2. The summed E-state index contributed by atoms with van der Waals surface area (Å²) in [6.45, 7) is 0. The van der Waals surface area contributed by atoms with Gasteiger partial charge in [-0.1, -0.05) is 15.9 Å². The van der Waals surface area contributed by atoms with E-state index in [1.54, 1.807) is 0 Å². The molecule has 0 atom stereocenters. The van der Waals surface area contributed by atoms with Crippen LogP contribution in [-0.4, -0.2) is 16.2 Å². The fourth-order valence-corrected chi connectivity index (χ4v) is 1.41. The zero-order valence-electron chi connectivity index (χ0n) is 6.42. The third kappa shape index (κ3) is 2.42. The largest absolute Gasteiger partial charge is 0.505 e. The van der Waals surface area contributed by atoms with Crippen LogP contribution in [-0.2, 0) is 11.2 Å². The van der Waals surface area contributed by atoms with E-state index in [1.807, 2.05) is 0 Å². The summed E-state index contributed by atoms with van der Waals surface area (Å²) in [4.78, 5) is 10.3. The first-order chi connectivity index (χ1) is 6.00. The predicted molar refractivity (Wildman–Crippen MR) is 47.1 cm³/mol. The van der Waals surface area contributed by atoms with Crippen LogP contribution in [0.15, 0.2) is 16.6 Å². The Morgan fingerprint density at radius 3 is 2.69 bits per heavy atom. The van der Waals surface area contributed by atoms with Crippen LogP contribution in [0.3, 0.4) is 0 Å². The first-order valence-corrected chi connectivity index (χ1v) is 4.18. The smallest absolute Gasteiger partial charge is 0.307 e. The van der Waals surface area contributed by atoms with Crippen molar-refractivity contribution in [3.05, 3.63) is 28.0 Å². The fraction of sp³-hybridized carbons (Fsp3) is 0.125. The van der Waals surface area contributed by atoms with Gasteiger partial charge in [-0.25, -0.2) is 4.39 Å². The number of hydrogen-bond donors (Lipinski definition) is 2. The molecule has 3 nitrogen and oxygen atoms in total. The summed E-state index contributed by atoms with van der Waals surface area (Å²) < 4.78 is 13.5. The minimum Gasteiger partial charge on any atom is -0.505 e. The van der Waals surface area contributed by atoms with Gasteiger partial charge in [0.1, 0.15) is 0 Å². The summed E-state index contributed by atoms with van der Waals surface area (Å²) in [6, 6.07) is 2.49. The van der Waals surface area contributed by atoms with Crippen LogP contribution < -0.4 is 0 Å². The molecule has 0 amide bonds. The second-order valence-corrected chi connectivity index (χ2v) is 3.38. The van der Waals surface area contributed by atoms with Crippen molar-refractivity contribution in [3.8, 4) is 5.75 Å². The Balaban J connectivity index is 3.12. The van der Waals surface area contributed by atoms with Crippen molar-refractivity contribution in [1.82, 2.24) is 0 Å². The molecular formula is C8H6BrFO3. The molecule has 0 aliphatic rings. The lowest BCUT2D eigenvalue weighted by Gasteiger charge is -2.02. The zero-order valence-corrected chi connectivity index (χ0v) is 8.01. The summed E-state index contributed by atoms with van der Waals surface area (Å²) in [5.74, 6) is -2.58. The summed E-state index contributed by atoms with van der Waals surface area (Å²) in [6.07, 6.45) is -0.446. The maximum atomic E-state index is 13.0. The molecule has 0 unspecified atom stereocenters. The lowest BCUT2D eigenvalue weighted by atomic mass is 10.1. The van der Waals surface area contributed by atoms with Crippen LogP contribution in [0.4, 0.5) is 4.39 Å². The van der Waals surface area contributed by atoms with E-state index in [4.69, 9.17) is 10.2 Å². The predicted octanol–water partition coefficient (Wildman–Crippen LogP) is 1.92. The van der Waals surface area contributed by atoms with Gasteiger partial charge in [-0.2, -0.15) is 0 Å². The number of rotatable bonds is 2. The van der Waals surface area contributed by atoms with Crippen molar-refractivity contribution in [3.63, 3.8) is 0 Å². The maximum Gasteiger partial charge on any atom is 0.307 e. The molecule has 0 saturated heterocycles. The van der Waals surface area contributed by atoms with Gasteiger partial charge < -0.3 is 10.2 Å². The molecule has 0 fully saturated rings. The van der Waals surface area contributed by atoms with Crippen LogP contribution >= 0.6 is 15.9 Å². The third-order valence-corrected chi connectivity index (χ3v) is 1.89. The molecule has 70 valence electrons. The molecule has 0 aliphatic heterocycles. The molecule has 1 rings (SSSR count). The first-order valence-electron chi connectivity index (χ1n) is 3.39. The van der Waals surface area contributed by atoms with E-state index in [-0.39, 0.29) is 5.56 Å². The highest BCUT2D eigenvalue weighted by molar-refractivity contribution is 9.10. The number of benzene rings is 1. The normalized spacial score (nSPS) is 10.0. The highest BCUT2D eigenvalue weighted by Crippen LogP contribution is 2.25. The van der Waals surface area contributed by atoms with E-state index in [0.717, 1.165) is 0 Å². The molecular weight excluding hydrogens is 243 g/mol. The van der Waals surface area contributed by atoms with Crippen LogP contribution in [0, 0.1) is 5.82 Å². The number of aliphatic carboxylic acids is 1. The summed E-state index contributed by atoms with van der Waals surface area (Å²) in [5.41, 5.74) is -0.0422. The van der Waals surface area contributed by atoms with E-state index in [1.165, 1.54) is 12.1 Å². The van der Waals surface area contributed by atoms with Crippen LogP contribution in [0.5, 0.6) is 5.75 Å². The van der Waals surface area contributed by atoms with Crippen molar-refractivity contribution in [2.75, 3.05) is 0 Å².